The normalized spacial score (nSPS) is 15.8. The van der Waals surface area contributed by atoms with E-state index < -0.39 is 23.3 Å². The summed E-state index contributed by atoms with van der Waals surface area (Å²) >= 11 is 0. The molecule has 0 heterocycles. The molecule has 0 saturated heterocycles. The average molecular weight is 314 g/mol. The average Bonchev–Trinajstić information content (AvgIpc) is 2.38. The van der Waals surface area contributed by atoms with Crippen molar-refractivity contribution in [3.63, 3.8) is 0 Å². The van der Waals surface area contributed by atoms with Gasteiger partial charge in [0.15, 0.2) is 0 Å². The van der Waals surface area contributed by atoms with Gasteiger partial charge in [0.25, 0.3) is 0 Å². The van der Waals surface area contributed by atoms with Crippen LogP contribution < -0.4 is 0 Å². The van der Waals surface area contributed by atoms with E-state index in [0.717, 1.165) is 25.7 Å². The maximum atomic E-state index is 12.1. The van der Waals surface area contributed by atoms with E-state index in [1.165, 1.54) is 0 Å². The topological polar surface area (TPSA) is 74.6 Å². The van der Waals surface area contributed by atoms with Crippen molar-refractivity contribution < 1.29 is 19.8 Å². The van der Waals surface area contributed by atoms with Gasteiger partial charge in [0.05, 0.1) is 11.3 Å². The molecule has 2 atom stereocenters. The summed E-state index contributed by atoms with van der Waals surface area (Å²) in [6.45, 7) is 9.96. The second-order valence-electron chi connectivity index (χ2n) is 7.39. The molecule has 4 heteroatoms. The minimum Gasteiger partial charge on any atom is -0.481 e. The number of carbonyl (C=O) groups is 2. The molecule has 0 aromatic rings. The Kier molecular flexibility index (Phi) is 9.38. The van der Waals surface area contributed by atoms with Crippen molar-refractivity contribution in [2.24, 2.45) is 23.2 Å². The summed E-state index contributed by atoms with van der Waals surface area (Å²) in [5.74, 6) is -2.38. The van der Waals surface area contributed by atoms with Crippen molar-refractivity contribution in [3.8, 4) is 0 Å². The third kappa shape index (κ3) is 6.37. The van der Waals surface area contributed by atoms with Crippen LogP contribution in [0.4, 0.5) is 0 Å². The smallest absolute Gasteiger partial charge is 0.310 e. The molecule has 0 aliphatic rings. The monoisotopic (exact) mass is 314 g/mol. The first-order valence-electron chi connectivity index (χ1n) is 8.63. The fraction of sp³-hybridized carbons (Fsp3) is 0.889. The molecule has 22 heavy (non-hydrogen) atoms. The molecule has 130 valence electrons. The van der Waals surface area contributed by atoms with E-state index in [1.54, 1.807) is 0 Å². The zero-order valence-corrected chi connectivity index (χ0v) is 14.9. The van der Waals surface area contributed by atoms with Gasteiger partial charge >= 0.3 is 11.9 Å². The Morgan fingerprint density at radius 2 is 1.55 bits per heavy atom. The third-order valence-electron chi connectivity index (χ3n) is 4.35. The molecule has 4 nitrogen and oxygen atoms in total. The molecular formula is C18H34O4. The van der Waals surface area contributed by atoms with Gasteiger partial charge in [-0.2, -0.15) is 0 Å². The summed E-state index contributed by atoms with van der Waals surface area (Å²) in [5, 5.41) is 19.6. The van der Waals surface area contributed by atoms with Crippen LogP contribution in [-0.4, -0.2) is 22.2 Å². The van der Waals surface area contributed by atoms with Gasteiger partial charge in [-0.15, -0.1) is 0 Å². The molecule has 0 bridgehead atoms. The quantitative estimate of drug-likeness (QED) is 0.506. The number of carboxylic acid groups (broad SMARTS) is 2. The SMILES string of the molecule is CCCCCCC(CC(C)C)(C(=O)O)C(CC(C)C)C(=O)O. The lowest BCUT2D eigenvalue weighted by Crippen LogP contribution is -2.44. The van der Waals surface area contributed by atoms with Crippen LogP contribution in [0.5, 0.6) is 0 Å². The van der Waals surface area contributed by atoms with Crippen molar-refractivity contribution in [3.05, 3.63) is 0 Å². The summed E-state index contributed by atoms with van der Waals surface area (Å²) in [5.41, 5.74) is -1.14. The molecule has 0 saturated carbocycles. The Hall–Kier alpha value is -1.06. The molecule has 2 unspecified atom stereocenters. The van der Waals surface area contributed by atoms with Gasteiger partial charge in [0.1, 0.15) is 0 Å². The standard InChI is InChI=1S/C18H34O4/c1-6-7-8-9-10-18(17(21)22,12-14(4)5)15(16(19)20)11-13(2)3/h13-15H,6-12H2,1-5H3,(H,19,20)(H,21,22). The number of rotatable bonds is 12. The summed E-state index contributed by atoms with van der Waals surface area (Å²) < 4.78 is 0. The fourth-order valence-corrected chi connectivity index (χ4v) is 3.39. The maximum Gasteiger partial charge on any atom is 0.310 e. The van der Waals surface area contributed by atoms with Gasteiger partial charge in [0, 0.05) is 0 Å². The largest absolute Gasteiger partial charge is 0.481 e. The van der Waals surface area contributed by atoms with Crippen LogP contribution in [0.3, 0.4) is 0 Å². The van der Waals surface area contributed by atoms with Crippen LogP contribution in [0.2, 0.25) is 0 Å². The highest BCUT2D eigenvalue weighted by molar-refractivity contribution is 5.83. The van der Waals surface area contributed by atoms with Crippen molar-refractivity contribution >= 4 is 11.9 Å². The van der Waals surface area contributed by atoms with E-state index in [2.05, 4.69) is 6.92 Å². The second-order valence-corrected chi connectivity index (χ2v) is 7.39. The van der Waals surface area contributed by atoms with E-state index in [-0.39, 0.29) is 11.8 Å². The van der Waals surface area contributed by atoms with E-state index in [4.69, 9.17) is 0 Å². The lowest BCUT2D eigenvalue weighted by molar-refractivity contribution is -0.166. The maximum absolute atomic E-state index is 12.1. The van der Waals surface area contributed by atoms with Gasteiger partial charge in [0.2, 0.25) is 0 Å². The molecule has 0 radical (unpaired) electrons. The van der Waals surface area contributed by atoms with Crippen molar-refractivity contribution in [2.45, 2.75) is 79.6 Å². The molecule has 0 aromatic heterocycles. The molecule has 0 rings (SSSR count). The Morgan fingerprint density at radius 3 is 1.91 bits per heavy atom. The van der Waals surface area contributed by atoms with Crippen LogP contribution in [0.15, 0.2) is 0 Å². The molecule has 0 aliphatic heterocycles. The molecular weight excluding hydrogens is 280 g/mol. The van der Waals surface area contributed by atoms with E-state index in [1.807, 2.05) is 27.7 Å². The summed E-state index contributed by atoms with van der Waals surface area (Å²) in [6.07, 6.45) is 5.22. The number of unbranched alkanes of at least 4 members (excludes halogenated alkanes) is 3. The summed E-state index contributed by atoms with van der Waals surface area (Å²) in [7, 11) is 0. The van der Waals surface area contributed by atoms with Gasteiger partial charge in [-0.3, -0.25) is 9.59 Å². The van der Waals surface area contributed by atoms with Crippen LogP contribution in [-0.2, 0) is 9.59 Å². The predicted molar refractivity (Wildman–Crippen MR) is 88.9 cm³/mol. The Labute approximate surface area is 135 Å². The number of carboxylic acids is 2. The Morgan fingerprint density at radius 1 is 0.955 bits per heavy atom. The Bertz CT molecular complexity index is 349. The molecule has 0 spiro atoms. The molecule has 2 N–H and O–H groups in total. The van der Waals surface area contributed by atoms with Gasteiger partial charge < -0.3 is 10.2 Å². The third-order valence-corrected chi connectivity index (χ3v) is 4.35. The van der Waals surface area contributed by atoms with Gasteiger partial charge in [-0.25, -0.2) is 0 Å². The van der Waals surface area contributed by atoms with Crippen LogP contribution in [0.25, 0.3) is 0 Å². The van der Waals surface area contributed by atoms with Crippen molar-refractivity contribution in [2.75, 3.05) is 0 Å². The lowest BCUT2D eigenvalue weighted by Gasteiger charge is -2.37. The number of hydrogen-bond acceptors (Lipinski definition) is 2. The molecule has 0 aromatic carbocycles. The van der Waals surface area contributed by atoms with E-state index in [9.17, 15) is 19.8 Å². The number of hydrogen-bond donors (Lipinski definition) is 2. The van der Waals surface area contributed by atoms with Crippen LogP contribution >= 0.6 is 0 Å². The lowest BCUT2D eigenvalue weighted by atomic mass is 9.65. The van der Waals surface area contributed by atoms with Gasteiger partial charge in [-0.1, -0.05) is 60.3 Å². The minimum atomic E-state index is -1.14. The number of aliphatic carboxylic acids is 2. The van der Waals surface area contributed by atoms with Crippen LogP contribution in [0, 0.1) is 23.2 Å². The minimum absolute atomic E-state index is 0.163. The Balaban J connectivity index is 5.46. The van der Waals surface area contributed by atoms with E-state index >= 15 is 0 Å². The van der Waals surface area contributed by atoms with Crippen molar-refractivity contribution in [1.82, 2.24) is 0 Å². The van der Waals surface area contributed by atoms with E-state index in [0.29, 0.717) is 19.3 Å². The second kappa shape index (κ2) is 9.86. The first-order valence-corrected chi connectivity index (χ1v) is 8.63. The molecule has 0 amide bonds. The first kappa shape index (κ1) is 20.9. The highest BCUT2D eigenvalue weighted by Crippen LogP contribution is 2.43. The highest BCUT2D eigenvalue weighted by Gasteiger charge is 2.49. The highest BCUT2D eigenvalue weighted by atomic mass is 16.4. The zero-order chi connectivity index (χ0) is 17.3. The summed E-state index contributed by atoms with van der Waals surface area (Å²) in [4.78, 5) is 23.9. The molecule has 0 aliphatic carbocycles. The molecule has 0 fully saturated rings. The van der Waals surface area contributed by atoms with Crippen LogP contribution in [0.1, 0.15) is 79.6 Å². The predicted octanol–water partition coefficient (Wildman–Crippen LogP) is 4.82. The fourth-order valence-electron chi connectivity index (χ4n) is 3.39. The van der Waals surface area contributed by atoms with Crippen molar-refractivity contribution in [1.29, 1.82) is 0 Å². The van der Waals surface area contributed by atoms with Gasteiger partial charge in [-0.05, 0) is 31.1 Å². The zero-order valence-electron chi connectivity index (χ0n) is 14.9. The summed E-state index contributed by atoms with van der Waals surface area (Å²) in [6, 6.07) is 0. The first-order chi connectivity index (χ1) is 10.2.